The van der Waals surface area contributed by atoms with Crippen LogP contribution in [0.2, 0.25) is 0 Å². The number of pyridine rings is 1. The van der Waals surface area contributed by atoms with Gasteiger partial charge in [0.15, 0.2) is 0 Å². The first kappa shape index (κ1) is 8.74. The van der Waals surface area contributed by atoms with Crippen LogP contribution in [0, 0.1) is 6.92 Å². The van der Waals surface area contributed by atoms with Gasteiger partial charge in [0, 0.05) is 24.5 Å². The molecule has 72 valence electrons. The van der Waals surface area contributed by atoms with Gasteiger partial charge in [-0.1, -0.05) is 0 Å². The van der Waals surface area contributed by atoms with Crippen LogP contribution in [0.25, 0.3) is 11.3 Å². The SMILES string of the molecule is Cc1cc(-c2ccnc(N)c2)nn1C. The predicted octanol–water partition coefficient (Wildman–Crippen LogP) is 1.37. The van der Waals surface area contributed by atoms with Gasteiger partial charge in [0.25, 0.3) is 0 Å². The molecule has 0 saturated carbocycles. The van der Waals surface area contributed by atoms with E-state index in [4.69, 9.17) is 5.73 Å². The molecular formula is C10H12N4. The number of aromatic nitrogens is 3. The lowest BCUT2D eigenvalue weighted by molar-refractivity contribution is 0.743. The molecule has 4 nitrogen and oxygen atoms in total. The molecule has 0 radical (unpaired) electrons. The van der Waals surface area contributed by atoms with E-state index in [1.165, 1.54) is 0 Å². The normalized spacial score (nSPS) is 10.4. The molecule has 14 heavy (non-hydrogen) atoms. The van der Waals surface area contributed by atoms with E-state index in [1.54, 1.807) is 6.20 Å². The highest BCUT2D eigenvalue weighted by molar-refractivity contribution is 5.61. The first-order valence-corrected chi connectivity index (χ1v) is 4.39. The molecule has 0 aliphatic heterocycles. The van der Waals surface area contributed by atoms with Crippen molar-refractivity contribution in [3.05, 3.63) is 30.1 Å². The quantitative estimate of drug-likeness (QED) is 0.735. The minimum absolute atomic E-state index is 0.519. The highest BCUT2D eigenvalue weighted by atomic mass is 15.3. The molecule has 2 heterocycles. The maximum atomic E-state index is 5.60. The molecule has 0 amide bonds. The Balaban J connectivity index is 2.49. The summed E-state index contributed by atoms with van der Waals surface area (Å²) in [5.74, 6) is 0.519. The number of aryl methyl sites for hydroxylation is 2. The lowest BCUT2D eigenvalue weighted by Crippen LogP contribution is -1.93. The van der Waals surface area contributed by atoms with Crippen LogP contribution in [0.5, 0.6) is 0 Å². The Hall–Kier alpha value is -1.84. The standard InChI is InChI=1S/C10H12N4/c1-7-5-9(13-14(7)2)8-3-4-12-10(11)6-8/h3-6H,1-2H3,(H2,11,12). The summed E-state index contributed by atoms with van der Waals surface area (Å²) in [6.45, 7) is 2.01. The van der Waals surface area contributed by atoms with Crippen molar-refractivity contribution < 1.29 is 0 Å². The van der Waals surface area contributed by atoms with Gasteiger partial charge in [-0.05, 0) is 25.1 Å². The van der Waals surface area contributed by atoms with Gasteiger partial charge in [0.05, 0.1) is 5.69 Å². The minimum Gasteiger partial charge on any atom is -0.384 e. The number of anilines is 1. The second-order valence-corrected chi connectivity index (χ2v) is 3.26. The van der Waals surface area contributed by atoms with Crippen molar-refractivity contribution >= 4 is 5.82 Å². The van der Waals surface area contributed by atoms with Gasteiger partial charge in [-0.15, -0.1) is 0 Å². The fourth-order valence-electron chi connectivity index (χ4n) is 1.31. The van der Waals surface area contributed by atoms with Crippen LogP contribution in [0.4, 0.5) is 5.82 Å². The van der Waals surface area contributed by atoms with Crippen LogP contribution in [0.1, 0.15) is 5.69 Å². The van der Waals surface area contributed by atoms with Gasteiger partial charge < -0.3 is 5.73 Å². The fraction of sp³-hybridized carbons (Fsp3) is 0.200. The molecule has 2 aromatic heterocycles. The zero-order valence-electron chi connectivity index (χ0n) is 8.23. The van der Waals surface area contributed by atoms with Crippen LogP contribution in [-0.4, -0.2) is 14.8 Å². The molecule has 0 bridgehead atoms. The van der Waals surface area contributed by atoms with Crippen LogP contribution >= 0.6 is 0 Å². The van der Waals surface area contributed by atoms with E-state index < -0.39 is 0 Å². The molecule has 0 saturated heterocycles. The maximum Gasteiger partial charge on any atom is 0.123 e. The Morgan fingerprint density at radius 3 is 2.71 bits per heavy atom. The highest BCUT2D eigenvalue weighted by Crippen LogP contribution is 2.19. The third-order valence-electron chi connectivity index (χ3n) is 2.19. The third-order valence-corrected chi connectivity index (χ3v) is 2.19. The Morgan fingerprint density at radius 1 is 1.36 bits per heavy atom. The first-order chi connectivity index (χ1) is 6.66. The Kier molecular flexibility index (Phi) is 1.96. The van der Waals surface area contributed by atoms with Crippen molar-refractivity contribution in [1.82, 2.24) is 14.8 Å². The molecule has 4 heteroatoms. The zero-order valence-corrected chi connectivity index (χ0v) is 8.23. The summed E-state index contributed by atoms with van der Waals surface area (Å²) in [6, 6.07) is 5.74. The van der Waals surface area contributed by atoms with Gasteiger partial charge in [-0.2, -0.15) is 5.10 Å². The topological polar surface area (TPSA) is 56.7 Å². The molecule has 0 aliphatic carbocycles. The minimum atomic E-state index is 0.519. The molecule has 0 spiro atoms. The molecule has 2 aromatic rings. The van der Waals surface area contributed by atoms with E-state index in [-0.39, 0.29) is 0 Å². The smallest absolute Gasteiger partial charge is 0.123 e. The maximum absolute atomic E-state index is 5.60. The van der Waals surface area contributed by atoms with Gasteiger partial charge >= 0.3 is 0 Å². The second kappa shape index (κ2) is 3.14. The van der Waals surface area contributed by atoms with E-state index >= 15 is 0 Å². The first-order valence-electron chi connectivity index (χ1n) is 4.39. The summed E-state index contributed by atoms with van der Waals surface area (Å²) in [5.41, 5.74) is 8.65. The van der Waals surface area contributed by atoms with Gasteiger partial charge in [-0.3, -0.25) is 4.68 Å². The van der Waals surface area contributed by atoms with E-state index in [1.807, 2.05) is 36.9 Å². The summed E-state index contributed by atoms with van der Waals surface area (Å²) in [6.07, 6.45) is 1.69. The summed E-state index contributed by atoms with van der Waals surface area (Å²) < 4.78 is 1.84. The molecular weight excluding hydrogens is 176 g/mol. The average molecular weight is 188 g/mol. The zero-order chi connectivity index (χ0) is 10.1. The molecule has 0 aromatic carbocycles. The van der Waals surface area contributed by atoms with Gasteiger partial charge in [0.2, 0.25) is 0 Å². The van der Waals surface area contributed by atoms with Crippen molar-refractivity contribution in [3.8, 4) is 11.3 Å². The molecule has 2 N–H and O–H groups in total. The lowest BCUT2D eigenvalue weighted by Gasteiger charge is -1.96. The van der Waals surface area contributed by atoms with Gasteiger partial charge in [-0.25, -0.2) is 4.98 Å². The summed E-state index contributed by atoms with van der Waals surface area (Å²) in [4.78, 5) is 3.94. The number of rotatable bonds is 1. The molecule has 0 unspecified atom stereocenters. The van der Waals surface area contributed by atoms with Gasteiger partial charge in [0.1, 0.15) is 5.82 Å². The number of hydrogen-bond donors (Lipinski definition) is 1. The number of nitrogens with zero attached hydrogens (tertiary/aromatic N) is 3. The third kappa shape index (κ3) is 1.46. The monoisotopic (exact) mass is 188 g/mol. The summed E-state index contributed by atoms with van der Waals surface area (Å²) >= 11 is 0. The van der Waals surface area contributed by atoms with Crippen molar-refractivity contribution in [1.29, 1.82) is 0 Å². The van der Waals surface area contributed by atoms with E-state index in [2.05, 4.69) is 10.1 Å². The van der Waals surface area contributed by atoms with E-state index in [0.29, 0.717) is 5.82 Å². The van der Waals surface area contributed by atoms with Crippen molar-refractivity contribution in [2.45, 2.75) is 6.92 Å². The van der Waals surface area contributed by atoms with Crippen LogP contribution in [0.3, 0.4) is 0 Å². The molecule has 0 fully saturated rings. The highest BCUT2D eigenvalue weighted by Gasteiger charge is 2.04. The average Bonchev–Trinajstić information content (AvgIpc) is 2.47. The molecule has 0 atom stereocenters. The van der Waals surface area contributed by atoms with Crippen LogP contribution in [0.15, 0.2) is 24.4 Å². The van der Waals surface area contributed by atoms with Crippen molar-refractivity contribution in [3.63, 3.8) is 0 Å². The van der Waals surface area contributed by atoms with E-state index in [9.17, 15) is 0 Å². The Bertz CT molecular complexity index is 439. The lowest BCUT2D eigenvalue weighted by atomic mass is 10.2. The molecule has 0 aliphatic rings. The van der Waals surface area contributed by atoms with Crippen molar-refractivity contribution in [2.24, 2.45) is 7.05 Å². The van der Waals surface area contributed by atoms with Crippen LogP contribution in [-0.2, 0) is 7.05 Å². The molecule has 2 rings (SSSR count). The number of nitrogens with two attached hydrogens (primary N) is 1. The van der Waals surface area contributed by atoms with Crippen LogP contribution < -0.4 is 5.73 Å². The second-order valence-electron chi connectivity index (χ2n) is 3.26. The number of nitrogen functional groups attached to an aromatic ring is 1. The Morgan fingerprint density at radius 2 is 2.14 bits per heavy atom. The largest absolute Gasteiger partial charge is 0.384 e. The van der Waals surface area contributed by atoms with Crippen molar-refractivity contribution in [2.75, 3.05) is 5.73 Å². The fourth-order valence-corrected chi connectivity index (χ4v) is 1.31. The summed E-state index contributed by atoms with van der Waals surface area (Å²) in [5, 5.41) is 4.35. The predicted molar refractivity (Wildman–Crippen MR) is 55.6 cm³/mol. The Labute approximate surface area is 82.4 Å². The summed E-state index contributed by atoms with van der Waals surface area (Å²) in [7, 11) is 1.92. The number of hydrogen-bond acceptors (Lipinski definition) is 3. The van der Waals surface area contributed by atoms with E-state index in [0.717, 1.165) is 17.0 Å².